The van der Waals surface area contributed by atoms with Crippen molar-refractivity contribution in [2.45, 2.75) is 24.9 Å². The van der Waals surface area contributed by atoms with Crippen LogP contribution in [0.3, 0.4) is 0 Å². The molecule has 0 aliphatic carbocycles. The number of nitrogens with one attached hydrogen (secondary N) is 1. The lowest BCUT2D eigenvalue weighted by atomic mass is 10.1. The first-order valence-corrected chi connectivity index (χ1v) is 11.1. The molecule has 0 aliphatic heterocycles. The lowest BCUT2D eigenvalue weighted by Crippen LogP contribution is -2.30. The minimum Gasteiger partial charge on any atom is -0.330 e. The van der Waals surface area contributed by atoms with Crippen molar-refractivity contribution in [2.75, 3.05) is 6.54 Å². The van der Waals surface area contributed by atoms with Crippen LogP contribution in [-0.4, -0.2) is 30.8 Å². The first-order valence-electron chi connectivity index (χ1n) is 9.66. The number of carbonyl (C=O) groups excluding carboxylic acids is 1. The smallest absolute Gasteiger partial charge is 0.254 e. The number of rotatable bonds is 8. The summed E-state index contributed by atoms with van der Waals surface area (Å²) in [4.78, 5) is 19.2. The maximum Gasteiger partial charge on any atom is 0.254 e. The SMILES string of the molecule is C#CCNS(=O)(=O)c1ccc(C(=O)N(Cc2cccnc2)Cc2ccccc2C)cc1. The van der Waals surface area contributed by atoms with Crippen molar-refractivity contribution in [1.29, 1.82) is 0 Å². The number of benzene rings is 2. The Labute approximate surface area is 183 Å². The molecule has 3 rings (SSSR count). The number of hydrogen-bond donors (Lipinski definition) is 1. The zero-order valence-electron chi connectivity index (χ0n) is 17.2. The number of aryl methyl sites for hydroxylation is 1. The van der Waals surface area contributed by atoms with E-state index in [1.807, 2.05) is 43.3 Å². The molecule has 31 heavy (non-hydrogen) atoms. The summed E-state index contributed by atoms with van der Waals surface area (Å²) in [6.45, 7) is 2.71. The number of amides is 1. The van der Waals surface area contributed by atoms with Crippen LogP contribution in [0, 0.1) is 19.3 Å². The van der Waals surface area contributed by atoms with E-state index in [1.165, 1.54) is 24.3 Å². The Morgan fingerprint density at radius 1 is 1.06 bits per heavy atom. The summed E-state index contributed by atoms with van der Waals surface area (Å²) in [5, 5.41) is 0. The van der Waals surface area contributed by atoms with Gasteiger partial charge in [0.25, 0.3) is 5.91 Å². The fourth-order valence-electron chi connectivity index (χ4n) is 3.08. The second-order valence-electron chi connectivity index (χ2n) is 7.00. The van der Waals surface area contributed by atoms with Crippen LogP contribution in [0.25, 0.3) is 0 Å². The molecule has 6 nitrogen and oxygen atoms in total. The molecule has 7 heteroatoms. The zero-order chi connectivity index (χ0) is 22.3. The molecule has 1 heterocycles. The fourth-order valence-corrected chi connectivity index (χ4v) is 4.02. The third-order valence-electron chi connectivity index (χ3n) is 4.78. The summed E-state index contributed by atoms with van der Waals surface area (Å²) in [5.74, 6) is 2.03. The molecule has 1 aromatic heterocycles. The molecule has 0 saturated carbocycles. The lowest BCUT2D eigenvalue weighted by Gasteiger charge is -2.24. The topological polar surface area (TPSA) is 79.4 Å². The molecular weight excluding hydrogens is 410 g/mol. The van der Waals surface area contributed by atoms with Crippen molar-refractivity contribution < 1.29 is 13.2 Å². The Bertz CT molecular complexity index is 1180. The third kappa shape index (κ3) is 5.79. The largest absolute Gasteiger partial charge is 0.330 e. The van der Waals surface area contributed by atoms with Gasteiger partial charge in [-0.3, -0.25) is 9.78 Å². The molecule has 158 valence electrons. The van der Waals surface area contributed by atoms with E-state index >= 15 is 0 Å². The van der Waals surface area contributed by atoms with Gasteiger partial charge in [0.15, 0.2) is 0 Å². The average Bonchev–Trinajstić information content (AvgIpc) is 2.79. The van der Waals surface area contributed by atoms with E-state index < -0.39 is 10.0 Å². The van der Waals surface area contributed by atoms with E-state index in [9.17, 15) is 13.2 Å². The zero-order valence-corrected chi connectivity index (χ0v) is 18.0. The minimum atomic E-state index is -3.71. The van der Waals surface area contributed by atoms with Crippen LogP contribution in [0.5, 0.6) is 0 Å². The van der Waals surface area contributed by atoms with Crippen LogP contribution >= 0.6 is 0 Å². The van der Waals surface area contributed by atoms with E-state index in [-0.39, 0.29) is 17.3 Å². The van der Waals surface area contributed by atoms with E-state index in [4.69, 9.17) is 6.42 Å². The quantitative estimate of drug-likeness (QED) is 0.554. The number of carbonyl (C=O) groups is 1. The number of aromatic nitrogens is 1. The van der Waals surface area contributed by atoms with Crippen LogP contribution in [-0.2, 0) is 23.1 Å². The molecule has 0 unspecified atom stereocenters. The average molecular weight is 434 g/mol. The molecular formula is C24H23N3O3S. The van der Waals surface area contributed by atoms with Crippen molar-refractivity contribution in [2.24, 2.45) is 0 Å². The molecule has 1 N–H and O–H groups in total. The Hall–Kier alpha value is -3.47. The van der Waals surface area contributed by atoms with Gasteiger partial charge in [-0.2, -0.15) is 4.72 Å². The van der Waals surface area contributed by atoms with Gasteiger partial charge in [-0.25, -0.2) is 8.42 Å². The van der Waals surface area contributed by atoms with Gasteiger partial charge in [0.1, 0.15) is 0 Å². The second-order valence-corrected chi connectivity index (χ2v) is 8.77. The normalized spacial score (nSPS) is 11.0. The Morgan fingerprint density at radius 3 is 2.45 bits per heavy atom. The summed E-state index contributed by atoms with van der Waals surface area (Å²) < 4.78 is 26.7. The van der Waals surface area contributed by atoms with Crippen LogP contribution < -0.4 is 4.72 Å². The monoisotopic (exact) mass is 433 g/mol. The van der Waals surface area contributed by atoms with E-state index in [0.29, 0.717) is 18.7 Å². The highest BCUT2D eigenvalue weighted by Gasteiger charge is 2.19. The summed E-state index contributed by atoms with van der Waals surface area (Å²) in [6, 6.07) is 17.5. The number of sulfonamides is 1. The molecule has 0 radical (unpaired) electrons. The van der Waals surface area contributed by atoms with Crippen molar-refractivity contribution in [3.05, 3.63) is 95.3 Å². The predicted octanol–water partition coefficient (Wildman–Crippen LogP) is 3.14. The Kier molecular flexibility index (Phi) is 7.19. The second kappa shape index (κ2) is 10.0. The first-order chi connectivity index (χ1) is 14.9. The molecule has 2 aromatic carbocycles. The summed E-state index contributed by atoms with van der Waals surface area (Å²) in [6.07, 6.45) is 8.53. The molecule has 0 saturated heterocycles. The number of terminal acetylenes is 1. The first kappa shape index (κ1) is 22.2. The van der Waals surface area contributed by atoms with Gasteiger partial charge >= 0.3 is 0 Å². The van der Waals surface area contributed by atoms with Crippen LogP contribution in [0.4, 0.5) is 0 Å². The minimum absolute atomic E-state index is 0.0528. The van der Waals surface area contributed by atoms with Crippen molar-refractivity contribution in [3.63, 3.8) is 0 Å². The predicted molar refractivity (Wildman–Crippen MR) is 119 cm³/mol. The van der Waals surface area contributed by atoms with E-state index in [2.05, 4.69) is 15.6 Å². The summed E-state index contributed by atoms with van der Waals surface area (Å²) in [5.41, 5.74) is 3.43. The molecule has 0 atom stereocenters. The summed E-state index contributed by atoms with van der Waals surface area (Å²) >= 11 is 0. The standard InChI is InChI=1S/C24H23N3O3S/c1-3-14-26-31(29,30)23-12-10-21(11-13-23)24(28)27(17-20-8-6-15-25-16-20)18-22-9-5-4-7-19(22)2/h1,4-13,15-16,26H,14,17-18H2,2H3. The number of hydrogen-bond acceptors (Lipinski definition) is 4. The molecule has 0 spiro atoms. The van der Waals surface area contributed by atoms with Gasteiger partial charge in [0.05, 0.1) is 11.4 Å². The van der Waals surface area contributed by atoms with Gasteiger partial charge in [-0.1, -0.05) is 36.3 Å². The highest BCUT2D eigenvalue weighted by molar-refractivity contribution is 7.89. The summed E-state index contributed by atoms with van der Waals surface area (Å²) in [7, 11) is -3.71. The van der Waals surface area contributed by atoms with E-state index in [1.54, 1.807) is 17.3 Å². The fraction of sp³-hybridized carbons (Fsp3) is 0.167. The maximum atomic E-state index is 13.3. The Balaban J connectivity index is 1.87. The van der Waals surface area contributed by atoms with Crippen LogP contribution in [0.1, 0.15) is 27.0 Å². The Morgan fingerprint density at radius 2 is 1.81 bits per heavy atom. The maximum absolute atomic E-state index is 13.3. The van der Waals surface area contributed by atoms with Crippen molar-refractivity contribution in [1.82, 2.24) is 14.6 Å². The van der Waals surface area contributed by atoms with Gasteiger partial charge in [0.2, 0.25) is 10.0 Å². The van der Waals surface area contributed by atoms with Crippen molar-refractivity contribution in [3.8, 4) is 12.3 Å². The van der Waals surface area contributed by atoms with Gasteiger partial charge in [-0.15, -0.1) is 6.42 Å². The molecule has 1 amide bonds. The highest BCUT2D eigenvalue weighted by atomic mass is 32.2. The van der Waals surface area contributed by atoms with Crippen molar-refractivity contribution >= 4 is 15.9 Å². The molecule has 0 bridgehead atoms. The van der Waals surface area contributed by atoms with Gasteiger partial charge < -0.3 is 4.90 Å². The highest BCUT2D eigenvalue weighted by Crippen LogP contribution is 2.18. The molecule has 0 fully saturated rings. The lowest BCUT2D eigenvalue weighted by molar-refractivity contribution is 0.0729. The van der Waals surface area contributed by atoms with E-state index in [0.717, 1.165) is 16.7 Å². The molecule has 3 aromatic rings. The van der Waals surface area contributed by atoms with Gasteiger partial charge in [0, 0.05) is 31.0 Å². The number of nitrogens with zero attached hydrogens (tertiary/aromatic N) is 2. The number of pyridine rings is 1. The third-order valence-corrected chi connectivity index (χ3v) is 6.20. The van der Waals surface area contributed by atoms with Crippen LogP contribution in [0.15, 0.2) is 78.0 Å². The van der Waals surface area contributed by atoms with Gasteiger partial charge in [-0.05, 0) is 53.9 Å². The molecule has 0 aliphatic rings. The van der Waals surface area contributed by atoms with Crippen LogP contribution in [0.2, 0.25) is 0 Å².